The van der Waals surface area contributed by atoms with E-state index in [9.17, 15) is 17.6 Å². The van der Waals surface area contributed by atoms with E-state index in [1.807, 2.05) is 12.1 Å². The summed E-state index contributed by atoms with van der Waals surface area (Å²) in [6, 6.07) is 14.4. The second-order valence-corrected chi connectivity index (χ2v) is 9.73. The lowest BCUT2D eigenvalue weighted by Gasteiger charge is -2.10. The molecule has 4 rings (SSSR count). The highest BCUT2D eigenvalue weighted by molar-refractivity contribution is 7.89. The average Bonchev–Trinajstić information content (AvgIpc) is 3.12. The minimum absolute atomic E-state index is 0.00400. The van der Waals surface area contributed by atoms with Crippen LogP contribution in [0.2, 0.25) is 10.0 Å². The number of rotatable bonds is 5. The lowest BCUT2D eigenvalue weighted by molar-refractivity contribution is 0.0978. The zero-order chi connectivity index (χ0) is 23.9. The molecule has 0 radical (unpaired) electrons. The van der Waals surface area contributed by atoms with Crippen LogP contribution in [-0.4, -0.2) is 37.5 Å². The Labute approximate surface area is 198 Å². The minimum Gasteiger partial charge on any atom is -0.497 e. The number of sulfonamides is 1. The summed E-state index contributed by atoms with van der Waals surface area (Å²) in [4.78, 5) is 12.1. The van der Waals surface area contributed by atoms with Crippen molar-refractivity contribution in [2.24, 2.45) is 0 Å². The second-order valence-electron chi connectivity index (χ2n) is 7.14. The Morgan fingerprint density at radius 3 is 2.42 bits per heavy atom. The number of hydrogen-bond acceptors (Lipinski definition) is 5. The Balaban J connectivity index is 1.88. The molecule has 1 aromatic heterocycles. The summed E-state index contributed by atoms with van der Waals surface area (Å²) in [5.74, 6) is -1.41. The molecule has 11 heteroatoms. The zero-order valence-electron chi connectivity index (χ0n) is 17.3. The van der Waals surface area contributed by atoms with Crippen LogP contribution in [0.4, 0.5) is 4.39 Å². The first-order valence-electron chi connectivity index (χ1n) is 9.41. The van der Waals surface area contributed by atoms with Gasteiger partial charge in [-0.25, -0.2) is 22.2 Å². The quantitative estimate of drug-likeness (QED) is 0.417. The first kappa shape index (κ1) is 23.0. The van der Waals surface area contributed by atoms with Gasteiger partial charge in [0.2, 0.25) is 10.0 Å². The number of benzene rings is 3. The number of ether oxygens (including phenoxy) is 1. The van der Waals surface area contributed by atoms with E-state index in [-0.39, 0.29) is 10.7 Å². The molecule has 0 aliphatic rings. The molecule has 0 aliphatic carbocycles. The van der Waals surface area contributed by atoms with Gasteiger partial charge in [0.1, 0.15) is 17.3 Å². The molecule has 0 saturated heterocycles. The third kappa shape index (κ3) is 4.66. The summed E-state index contributed by atoms with van der Waals surface area (Å²) in [7, 11) is -2.31. The van der Waals surface area contributed by atoms with Gasteiger partial charge in [-0.05, 0) is 48.5 Å². The van der Waals surface area contributed by atoms with Crippen molar-refractivity contribution in [3.63, 3.8) is 0 Å². The second kappa shape index (κ2) is 8.66. The highest BCUT2D eigenvalue weighted by Gasteiger charge is 2.21. The summed E-state index contributed by atoms with van der Waals surface area (Å²) in [6.07, 6.45) is 0.792. The first-order valence-corrected chi connectivity index (χ1v) is 12.1. The number of fused-ring (bicyclic) bond motifs is 1. The Morgan fingerprint density at radius 2 is 1.79 bits per heavy atom. The number of methoxy groups -OCH3 is 1. The van der Waals surface area contributed by atoms with Crippen LogP contribution in [0.3, 0.4) is 0 Å². The molecule has 7 nitrogen and oxygen atoms in total. The molecule has 0 bridgehead atoms. The van der Waals surface area contributed by atoms with Crippen LogP contribution in [-0.2, 0) is 10.0 Å². The van der Waals surface area contributed by atoms with Crippen LogP contribution in [0.1, 0.15) is 10.4 Å². The number of halogens is 3. The van der Waals surface area contributed by atoms with Gasteiger partial charge in [0.05, 0.1) is 35.2 Å². The van der Waals surface area contributed by atoms with Gasteiger partial charge < -0.3 is 4.74 Å². The fraction of sp³-hybridized carbons (Fsp3) is 0.0909. The number of aromatic nitrogens is 2. The maximum Gasteiger partial charge on any atom is 0.267 e. The summed E-state index contributed by atoms with van der Waals surface area (Å²) in [5.41, 5.74) is 1.59. The lowest BCUT2D eigenvalue weighted by atomic mass is 10.1. The highest BCUT2D eigenvalue weighted by atomic mass is 35.5. The van der Waals surface area contributed by atoms with Crippen molar-refractivity contribution in [2.75, 3.05) is 13.4 Å². The van der Waals surface area contributed by atoms with Gasteiger partial charge in [0, 0.05) is 22.0 Å². The van der Waals surface area contributed by atoms with E-state index >= 15 is 0 Å². The molecule has 0 saturated carbocycles. The molecule has 3 aromatic carbocycles. The monoisotopic (exact) mass is 507 g/mol. The highest BCUT2D eigenvalue weighted by Crippen LogP contribution is 2.34. The van der Waals surface area contributed by atoms with Gasteiger partial charge in [-0.15, -0.1) is 0 Å². The number of hydrogen-bond donors (Lipinski definition) is 1. The average molecular weight is 508 g/mol. The number of nitrogens with one attached hydrogen (secondary N) is 1. The third-order valence-corrected chi connectivity index (χ3v) is 5.89. The Hall–Kier alpha value is -3.14. The molecule has 0 spiro atoms. The van der Waals surface area contributed by atoms with E-state index in [2.05, 4.69) is 5.10 Å². The lowest BCUT2D eigenvalue weighted by Crippen LogP contribution is -2.30. The van der Waals surface area contributed by atoms with Crippen molar-refractivity contribution >= 4 is 50.0 Å². The molecule has 0 fully saturated rings. The Bertz CT molecular complexity index is 1500. The maximum atomic E-state index is 14.8. The topological polar surface area (TPSA) is 90.3 Å². The number of amides is 1. The summed E-state index contributed by atoms with van der Waals surface area (Å²) in [6.45, 7) is 0. The number of carbonyl (C=O) groups is 1. The van der Waals surface area contributed by atoms with Crippen LogP contribution < -0.4 is 9.46 Å². The van der Waals surface area contributed by atoms with E-state index in [1.54, 1.807) is 42.2 Å². The molecule has 1 N–H and O–H groups in total. The first-order chi connectivity index (χ1) is 15.6. The summed E-state index contributed by atoms with van der Waals surface area (Å²) >= 11 is 12.6. The predicted octanol–water partition coefficient (Wildman–Crippen LogP) is 4.84. The normalized spacial score (nSPS) is 11.5. The molecule has 0 atom stereocenters. The largest absolute Gasteiger partial charge is 0.497 e. The molecule has 1 heterocycles. The molecule has 33 heavy (non-hydrogen) atoms. The van der Waals surface area contributed by atoms with Gasteiger partial charge in [0.25, 0.3) is 5.91 Å². The van der Waals surface area contributed by atoms with Crippen molar-refractivity contribution < 1.29 is 22.3 Å². The van der Waals surface area contributed by atoms with E-state index in [4.69, 9.17) is 27.9 Å². The van der Waals surface area contributed by atoms with Crippen LogP contribution in [0.5, 0.6) is 5.75 Å². The molecule has 0 aliphatic heterocycles. The third-order valence-electron chi connectivity index (χ3n) is 4.79. The SMILES string of the molecule is COc1ccc(-c2nn(-c3cc(F)c(C(=O)NS(C)(=O)=O)cc3Cl)c3ccc(Cl)cc23)cc1. The molecule has 170 valence electrons. The van der Waals surface area contributed by atoms with Crippen LogP contribution in [0.15, 0.2) is 54.6 Å². The van der Waals surface area contributed by atoms with Crippen molar-refractivity contribution in [3.05, 3.63) is 76.0 Å². The van der Waals surface area contributed by atoms with E-state index in [0.29, 0.717) is 27.4 Å². The molecule has 1 amide bonds. The van der Waals surface area contributed by atoms with Crippen LogP contribution >= 0.6 is 23.2 Å². The minimum atomic E-state index is -3.88. The molecule has 0 unspecified atom stereocenters. The van der Waals surface area contributed by atoms with Crippen LogP contribution in [0, 0.1) is 5.82 Å². The standard InChI is InChI=1S/C22H16Cl2FN3O4S/c1-32-14-6-3-12(4-7-14)21-16-9-13(23)5-8-19(16)28(26-21)20-11-18(25)15(10-17(20)24)22(29)27-33(2,30)31/h3-11H,1-2H3,(H,27,29). The molecular formula is C22H16Cl2FN3O4S. The predicted molar refractivity (Wildman–Crippen MR) is 125 cm³/mol. The fourth-order valence-electron chi connectivity index (χ4n) is 3.33. The van der Waals surface area contributed by atoms with E-state index in [0.717, 1.165) is 24.0 Å². The van der Waals surface area contributed by atoms with E-state index in [1.165, 1.54) is 4.68 Å². The number of carbonyl (C=O) groups excluding carboxylic acids is 1. The number of nitrogens with zero attached hydrogens (tertiary/aromatic N) is 2. The van der Waals surface area contributed by atoms with Crippen molar-refractivity contribution in [3.8, 4) is 22.7 Å². The smallest absolute Gasteiger partial charge is 0.267 e. The summed E-state index contributed by atoms with van der Waals surface area (Å²) in [5, 5.41) is 5.81. The van der Waals surface area contributed by atoms with Crippen molar-refractivity contribution in [1.29, 1.82) is 0 Å². The van der Waals surface area contributed by atoms with E-state index < -0.39 is 27.3 Å². The molecule has 4 aromatic rings. The van der Waals surface area contributed by atoms with Gasteiger partial charge >= 0.3 is 0 Å². The maximum absolute atomic E-state index is 14.8. The van der Waals surface area contributed by atoms with Gasteiger partial charge in [-0.1, -0.05) is 23.2 Å². The van der Waals surface area contributed by atoms with Gasteiger partial charge in [-0.3, -0.25) is 4.79 Å². The van der Waals surface area contributed by atoms with Crippen molar-refractivity contribution in [2.45, 2.75) is 0 Å². The fourth-order valence-corrected chi connectivity index (χ4v) is 4.19. The Kier molecular flexibility index (Phi) is 6.04. The zero-order valence-corrected chi connectivity index (χ0v) is 19.6. The molecular weight excluding hydrogens is 492 g/mol. The van der Waals surface area contributed by atoms with Gasteiger partial charge in [-0.2, -0.15) is 5.10 Å². The summed E-state index contributed by atoms with van der Waals surface area (Å²) < 4.78 is 45.9. The van der Waals surface area contributed by atoms with Gasteiger partial charge in [0.15, 0.2) is 0 Å². The van der Waals surface area contributed by atoms with Crippen LogP contribution in [0.25, 0.3) is 27.8 Å². The Morgan fingerprint density at radius 1 is 1.09 bits per heavy atom. The van der Waals surface area contributed by atoms with Crippen molar-refractivity contribution in [1.82, 2.24) is 14.5 Å².